The number of nitrogens with one attached hydrogen (secondary N) is 1. The van der Waals surface area contributed by atoms with E-state index in [9.17, 15) is 4.79 Å². The second-order valence-electron chi connectivity index (χ2n) is 6.94. The number of rotatable bonds is 4. The minimum atomic E-state index is -0.0422. The second-order valence-corrected chi connectivity index (χ2v) is 6.94. The maximum atomic E-state index is 12.9. The molecule has 0 aromatic heterocycles. The molecule has 0 spiro atoms. The number of piperidine rings is 1. The maximum absolute atomic E-state index is 12.9. The number of nitrogens with zero attached hydrogens (tertiary/aromatic N) is 2. The van der Waals surface area contributed by atoms with Gasteiger partial charge in [-0.25, -0.2) is 0 Å². The summed E-state index contributed by atoms with van der Waals surface area (Å²) in [5, 5.41) is 3.42. The number of likely N-dealkylation sites (N-methyl/N-ethyl adjacent to an activating group) is 1. The number of likely N-dealkylation sites (tertiary alicyclic amines) is 1. The first-order valence-corrected chi connectivity index (χ1v) is 8.21. The molecule has 1 N–H and O–H groups in total. The normalized spacial score (nSPS) is 25.9. The monoisotopic (exact) mass is 281 g/mol. The van der Waals surface area contributed by atoms with Crippen LogP contribution in [0.2, 0.25) is 0 Å². The highest BCUT2D eigenvalue weighted by molar-refractivity contribution is 5.82. The lowest BCUT2D eigenvalue weighted by Gasteiger charge is -2.41. The molecule has 0 aromatic rings. The summed E-state index contributed by atoms with van der Waals surface area (Å²) in [7, 11) is 1.98. The fourth-order valence-electron chi connectivity index (χ4n) is 3.39. The van der Waals surface area contributed by atoms with Gasteiger partial charge in [-0.2, -0.15) is 0 Å². The fraction of sp³-hybridized carbons (Fsp3) is 0.938. The molecule has 2 heterocycles. The van der Waals surface area contributed by atoms with Crippen LogP contribution in [0.25, 0.3) is 0 Å². The van der Waals surface area contributed by atoms with Crippen LogP contribution >= 0.6 is 0 Å². The number of carbonyl (C=O) groups excluding carboxylic acids is 1. The van der Waals surface area contributed by atoms with Crippen LogP contribution in [0.5, 0.6) is 0 Å². The highest BCUT2D eigenvalue weighted by atomic mass is 16.2. The van der Waals surface area contributed by atoms with Crippen LogP contribution in [0.4, 0.5) is 0 Å². The molecule has 0 aliphatic carbocycles. The first-order chi connectivity index (χ1) is 9.47. The molecule has 4 nitrogen and oxygen atoms in total. The van der Waals surface area contributed by atoms with Crippen molar-refractivity contribution in [3.05, 3.63) is 0 Å². The third-order valence-corrected chi connectivity index (χ3v) is 5.46. The Balaban J connectivity index is 2.04. The Bertz CT molecular complexity index is 337. The summed E-state index contributed by atoms with van der Waals surface area (Å²) in [5.74, 6) is 0.327. The molecular formula is C16H31N3O. The van der Waals surface area contributed by atoms with E-state index in [2.05, 4.69) is 31.0 Å². The van der Waals surface area contributed by atoms with E-state index >= 15 is 0 Å². The van der Waals surface area contributed by atoms with Crippen LogP contribution in [0, 0.1) is 0 Å². The van der Waals surface area contributed by atoms with Crippen molar-refractivity contribution in [2.45, 2.75) is 70.5 Å². The zero-order valence-corrected chi connectivity index (χ0v) is 13.6. The van der Waals surface area contributed by atoms with E-state index in [1.54, 1.807) is 0 Å². The second kappa shape index (κ2) is 6.44. The quantitative estimate of drug-likeness (QED) is 0.854. The molecule has 2 aliphatic heterocycles. The molecule has 0 aromatic carbocycles. The Hall–Kier alpha value is -0.610. The molecule has 2 aliphatic rings. The molecule has 20 heavy (non-hydrogen) atoms. The summed E-state index contributed by atoms with van der Waals surface area (Å²) >= 11 is 0. The lowest BCUT2D eigenvalue weighted by Crippen LogP contribution is -2.55. The number of hydrogen-bond donors (Lipinski definition) is 1. The molecule has 0 bridgehead atoms. The molecule has 4 heteroatoms. The molecular weight excluding hydrogens is 250 g/mol. The Kier molecular flexibility index (Phi) is 5.08. The molecule has 2 rings (SSSR count). The third-order valence-electron chi connectivity index (χ3n) is 5.46. The van der Waals surface area contributed by atoms with Crippen molar-refractivity contribution in [3.8, 4) is 0 Å². The minimum Gasteiger partial charge on any atom is -0.339 e. The number of amides is 1. The van der Waals surface area contributed by atoms with Gasteiger partial charge in [-0.3, -0.25) is 9.69 Å². The van der Waals surface area contributed by atoms with Gasteiger partial charge in [0.05, 0.1) is 6.04 Å². The van der Waals surface area contributed by atoms with Crippen molar-refractivity contribution >= 4 is 5.91 Å². The van der Waals surface area contributed by atoms with E-state index in [0.717, 1.165) is 32.5 Å². The Morgan fingerprint density at radius 1 is 1.30 bits per heavy atom. The van der Waals surface area contributed by atoms with E-state index in [1.165, 1.54) is 19.3 Å². The molecule has 2 fully saturated rings. The van der Waals surface area contributed by atoms with Gasteiger partial charge < -0.3 is 10.2 Å². The van der Waals surface area contributed by atoms with E-state index in [-0.39, 0.29) is 11.6 Å². The predicted octanol–water partition coefficient (Wildman–Crippen LogP) is 1.85. The average molecular weight is 281 g/mol. The third kappa shape index (κ3) is 3.17. The minimum absolute atomic E-state index is 0.0422. The van der Waals surface area contributed by atoms with Crippen LogP contribution in [0.15, 0.2) is 0 Å². The van der Waals surface area contributed by atoms with Gasteiger partial charge in [-0.1, -0.05) is 6.92 Å². The van der Waals surface area contributed by atoms with Gasteiger partial charge in [-0.05, 0) is 65.6 Å². The highest BCUT2D eigenvalue weighted by Gasteiger charge is 2.39. The molecule has 1 atom stereocenters. The summed E-state index contributed by atoms with van der Waals surface area (Å²) in [4.78, 5) is 17.3. The SMILES string of the molecule is CCC(C)(C)N(C)C(=O)C1CCCN1C1CCNCC1. The van der Waals surface area contributed by atoms with Gasteiger partial charge in [0.1, 0.15) is 0 Å². The molecule has 1 amide bonds. The number of carbonyl (C=O) groups is 1. The van der Waals surface area contributed by atoms with Crippen molar-refractivity contribution in [2.24, 2.45) is 0 Å². The largest absolute Gasteiger partial charge is 0.339 e. The molecule has 116 valence electrons. The summed E-state index contributed by atoms with van der Waals surface area (Å²) in [5.41, 5.74) is -0.0422. The lowest BCUT2D eigenvalue weighted by atomic mass is 9.97. The number of hydrogen-bond acceptors (Lipinski definition) is 3. The van der Waals surface area contributed by atoms with Crippen LogP contribution < -0.4 is 5.32 Å². The van der Waals surface area contributed by atoms with E-state index in [0.29, 0.717) is 11.9 Å². The highest BCUT2D eigenvalue weighted by Crippen LogP contribution is 2.28. The van der Waals surface area contributed by atoms with E-state index in [1.807, 2.05) is 11.9 Å². The van der Waals surface area contributed by atoms with E-state index < -0.39 is 0 Å². The van der Waals surface area contributed by atoms with Crippen molar-refractivity contribution in [1.29, 1.82) is 0 Å². The summed E-state index contributed by atoms with van der Waals surface area (Å²) < 4.78 is 0. The average Bonchev–Trinajstić information content (AvgIpc) is 2.96. The Morgan fingerprint density at radius 3 is 2.55 bits per heavy atom. The first-order valence-electron chi connectivity index (χ1n) is 8.21. The van der Waals surface area contributed by atoms with Crippen LogP contribution in [-0.2, 0) is 4.79 Å². The van der Waals surface area contributed by atoms with Crippen molar-refractivity contribution in [1.82, 2.24) is 15.1 Å². The van der Waals surface area contributed by atoms with Gasteiger partial charge in [0.25, 0.3) is 0 Å². The van der Waals surface area contributed by atoms with Gasteiger partial charge in [0.2, 0.25) is 5.91 Å². The van der Waals surface area contributed by atoms with Gasteiger partial charge >= 0.3 is 0 Å². The molecule has 2 saturated heterocycles. The predicted molar refractivity (Wildman–Crippen MR) is 82.8 cm³/mol. The van der Waals surface area contributed by atoms with Gasteiger partial charge in [-0.15, -0.1) is 0 Å². The zero-order chi connectivity index (χ0) is 14.8. The molecule has 0 saturated carbocycles. The smallest absolute Gasteiger partial charge is 0.240 e. The van der Waals surface area contributed by atoms with E-state index in [4.69, 9.17) is 0 Å². The van der Waals surface area contributed by atoms with Crippen LogP contribution in [0.3, 0.4) is 0 Å². The molecule has 0 radical (unpaired) electrons. The summed E-state index contributed by atoms with van der Waals surface area (Å²) in [6, 6.07) is 0.722. The zero-order valence-electron chi connectivity index (χ0n) is 13.6. The fourth-order valence-corrected chi connectivity index (χ4v) is 3.39. The Morgan fingerprint density at radius 2 is 1.95 bits per heavy atom. The lowest BCUT2D eigenvalue weighted by molar-refractivity contribution is -0.140. The van der Waals surface area contributed by atoms with Crippen LogP contribution in [-0.4, -0.2) is 60.0 Å². The van der Waals surface area contributed by atoms with Crippen molar-refractivity contribution in [2.75, 3.05) is 26.7 Å². The standard InChI is InChI=1S/C16H31N3O/c1-5-16(2,3)18(4)15(20)14-7-6-12-19(14)13-8-10-17-11-9-13/h13-14,17H,5-12H2,1-4H3. The topological polar surface area (TPSA) is 35.6 Å². The van der Waals surface area contributed by atoms with Crippen molar-refractivity contribution in [3.63, 3.8) is 0 Å². The molecule has 1 unspecified atom stereocenters. The summed E-state index contributed by atoms with van der Waals surface area (Å²) in [6.45, 7) is 9.77. The van der Waals surface area contributed by atoms with Gasteiger partial charge in [0.15, 0.2) is 0 Å². The first kappa shape index (κ1) is 15.8. The summed E-state index contributed by atoms with van der Waals surface area (Å²) in [6.07, 6.45) is 5.57. The van der Waals surface area contributed by atoms with Crippen molar-refractivity contribution < 1.29 is 4.79 Å². The Labute approximate surface area is 123 Å². The van der Waals surface area contributed by atoms with Gasteiger partial charge in [0, 0.05) is 18.6 Å². The maximum Gasteiger partial charge on any atom is 0.240 e. The van der Waals surface area contributed by atoms with Crippen LogP contribution in [0.1, 0.15) is 52.9 Å².